The molecule has 0 unspecified atom stereocenters. The van der Waals surface area contributed by atoms with E-state index in [1.54, 1.807) is 11.8 Å². The van der Waals surface area contributed by atoms with Gasteiger partial charge in [0.15, 0.2) is 17.2 Å². The van der Waals surface area contributed by atoms with Gasteiger partial charge < -0.3 is 14.8 Å². The number of aryl methyl sites for hydroxylation is 1. The Morgan fingerprint density at radius 1 is 1.13 bits per heavy atom. The van der Waals surface area contributed by atoms with Crippen LogP contribution < -0.4 is 14.8 Å². The van der Waals surface area contributed by atoms with E-state index in [-0.39, 0.29) is 5.91 Å². The van der Waals surface area contributed by atoms with Crippen LogP contribution in [0.3, 0.4) is 0 Å². The summed E-state index contributed by atoms with van der Waals surface area (Å²) in [5, 5.41) is 11.1. The first kappa shape index (κ1) is 22.3. The molecule has 1 N–H and O–H groups in total. The van der Waals surface area contributed by atoms with Gasteiger partial charge in [-0.25, -0.2) is 4.68 Å². The summed E-state index contributed by atoms with van der Waals surface area (Å²) >= 11 is 0. The van der Waals surface area contributed by atoms with Gasteiger partial charge >= 0.3 is 0 Å². The molecule has 1 amide bonds. The number of amides is 1. The van der Waals surface area contributed by atoms with Crippen LogP contribution in [0.5, 0.6) is 11.5 Å². The summed E-state index contributed by atoms with van der Waals surface area (Å²) in [6.07, 6.45) is 0.976. The van der Waals surface area contributed by atoms with Gasteiger partial charge in [-0.15, -0.1) is 5.10 Å². The van der Waals surface area contributed by atoms with E-state index in [2.05, 4.69) is 29.5 Å². The first-order valence-electron chi connectivity index (χ1n) is 10.5. The van der Waals surface area contributed by atoms with E-state index in [9.17, 15) is 4.79 Å². The summed E-state index contributed by atoms with van der Waals surface area (Å²) in [5.74, 6) is 1.66. The maximum Gasteiger partial charge on any atom is 0.274 e. The fourth-order valence-corrected chi connectivity index (χ4v) is 3.16. The molecule has 7 heteroatoms. The molecule has 0 aliphatic heterocycles. The van der Waals surface area contributed by atoms with Gasteiger partial charge in [0.05, 0.1) is 25.1 Å². The highest BCUT2D eigenvalue weighted by atomic mass is 16.5. The monoisotopic (exact) mass is 422 g/mol. The minimum Gasteiger partial charge on any atom is -0.493 e. The second-order valence-corrected chi connectivity index (χ2v) is 7.97. The molecule has 3 rings (SSSR count). The van der Waals surface area contributed by atoms with Crippen LogP contribution in [0.1, 0.15) is 47.6 Å². The number of carbonyl (C=O) groups is 1. The van der Waals surface area contributed by atoms with Gasteiger partial charge in [-0.05, 0) is 61.6 Å². The molecule has 3 aromatic rings. The van der Waals surface area contributed by atoms with Gasteiger partial charge in [-0.3, -0.25) is 4.79 Å². The number of rotatable bonds is 9. The SMILES string of the molecule is COc1cc(CNC(=O)c2nnn(-c3cccc(C)c3)c2C)ccc1OCCC(C)C. The van der Waals surface area contributed by atoms with Gasteiger partial charge in [0.2, 0.25) is 0 Å². The van der Waals surface area contributed by atoms with E-state index in [4.69, 9.17) is 9.47 Å². The van der Waals surface area contributed by atoms with Crippen molar-refractivity contribution in [2.45, 2.75) is 40.7 Å². The topological polar surface area (TPSA) is 78.3 Å². The van der Waals surface area contributed by atoms with E-state index in [0.717, 1.165) is 23.2 Å². The molecular weight excluding hydrogens is 392 g/mol. The minimum absolute atomic E-state index is 0.271. The van der Waals surface area contributed by atoms with Gasteiger partial charge in [-0.2, -0.15) is 0 Å². The van der Waals surface area contributed by atoms with Crippen molar-refractivity contribution < 1.29 is 14.3 Å². The fraction of sp³-hybridized carbons (Fsp3) is 0.375. The van der Waals surface area contributed by atoms with Crippen LogP contribution in [0.4, 0.5) is 0 Å². The van der Waals surface area contributed by atoms with Crippen LogP contribution in [0.2, 0.25) is 0 Å². The zero-order valence-electron chi connectivity index (χ0n) is 18.8. The van der Waals surface area contributed by atoms with E-state index in [1.807, 2.05) is 56.3 Å². The molecule has 164 valence electrons. The highest BCUT2D eigenvalue weighted by molar-refractivity contribution is 5.93. The Morgan fingerprint density at radius 2 is 1.94 bits per heavy atom. The Balaban J connectivity index is 1.65. The molecule has 0 saturated carbocycles. The van der Waals surface area contributed by atoms with Gasteiger partial charge in [0.1, 0.15) is 0 Å². The van der Waals surface area contributed by atoms with Crippen molar-refractivity contribution in [3.8, 4) is 17.2 Å². The second kappa shape index (κ2) is 10.1. The van der Waals surface area contributed by atoms with E-state index in [1.165, 1.54) is 0 Å². The molecule has 0 radical (unpaired) electrons. The Kier molecular flexibility index (Phi) is 7.28. The van der Waals surface area contributed by atoms with Crippen molar-refractivity contribution in [2.75, 3.05) is 13.7 Å². The van der Waals surface area contributed by atoms with Gasteiger partial charge in [0.25, 0.3) is 5.91 Å². The van der Waals surface area contributed by atoms with Crippen molar-refractivity contribution in [3.63, 3.8) is 0 Å². The molecule has 7 nitrogen and oxygen atoms in total. The van der Waals surface area contributed by atoms with Crippen molar-refractivity contribution in [1.29, 1.82) is 0 Å². The predicted molar refractivity (Wildman–Crippen MR) is 120 cm³/mol. The fourth-order valence-electron chi connectivity index (χ4n) is 3.16. The lowest BCUT2D eigenvalue weighted by molar-refractivity contribution is 0.0945. The summed E-state index contributed by atoms with van der Waals surface area (Å²) in [5.41, 5.74) is 3.90. The molecule has 0 aliphatic carbocycles. The summed E-state index contributed by atoms with van der Waals surface area (Å²) in [4.78, 5) is 12.7. The third kappa shape index (κ3) is 5.63. The van der Waals surface area contributed by atoms with Gasteiger partial charge in [0, 0.05) is 6.54 Å². The molecule has 0 aliphatic rings. The molecule has 0 atom stereocenters. The van der Waals surface area contributed by atoms with Crippen LogP contribution in [0.15, 0.2) is 42.5 Å². The zero-order valence-corrected chi connectivity index (χ0v) is 18.8. The maximum absolute atomic E-state index is 12.7. The van der Waals surface area contributed by atoms with Crippen LogP contribution in [-0.2, 0) is 6.54 Å². The van der Waals surface area contributed by atoms with Crippen molar-refractivity contribution in [2.24, 2.45) is 5.92 Å². The first-order chi connectivity index (χ1) is 14.9. The Hall–Kier alpha value is -3.35. The van der Waals surface area contributed by atoms with E-state index >= 15 is 0 Å². The lowest BCUT2D eigenvalue weighted by Crippen LogP contribution is -2.24. The number of ether oxygens (including phenoxy) is 2. The molecule has 1 aromatic heterocycles. The number of methoxy groups -OCH3 is 1. The summed E-state index contributed by atoms with van der Waals surface area (Å²) in [6.45, 7) is 9.15. The number of carbonyl (C=O) groups excluding carboxylic acids is 1. The number of aromatic nitrogens is 3. The van der Waals surface area contributed by atoms with Crippen molar-refractivity contribution in [1.82, 2.24) is 20.3 Å². The van der Waals surface area contributed by atoms with Crippen LogP contribution in [0.25, 0.3) is 5.69 Å². The predicted octanol–water partition coefficient (Wildman–Crippen LogP) is 4.25. The second-order valence-electron chi connectivity index (χ2n) is 7.97. The molecule has 0 bridgehead atoms. The van der Waals surface area contributed by atoms with E-state index < -0.39 is 0 Å². The molecule has 0 saturated heterocycles. The van der Waals surface area contributed by atoms with E-state index in [0.29, 0.717) is 42.0 Å². The number of nitrogens with one attached hydrogen (secondary N) is 1. The maximum atomic E-state index is 12.7. The highest BCUT2D eigenvalue weighted by Crippen LogP contribution is 2.28. The van der Waals surface area contributed by atoms with Crippen LogP contribution in [0, 0.1) is 19.8 Å². The quantitative estimate of drug-likeness (QED) is 0.558. The average Bonchev–Trinajstić information content (AvgIpc) is 3.13. The van der Waals surface area contributed by atoms with Crippen molar-refractivity contribution >= 4 is 5.91 Å². The Morgan fingerprint density at radius 3 is 2.65 bits per heavy atom. The Labute approximate surface area is 183 Å². The third-order valence-electron chi connectivity index (χ3n) is 4.99. The number of benzene rings is 2. The van der Waals surface area contributed by atoms with Gasteiger partial charge in [-0.1, -0.05) is 37.3 Å². The molecular formula is C24H30N4O3. The first-order valence-corrected chi connectivity index (χ1v) is 10.5. The zero-order chi connectivity index (χ0) is 22.4. The largest absolute Gasteiger partial charge is 0.493 e. The normalized spacial score (nSPS) is 10.9. The van der Waals surface area contributed by atoms with Crippen LogP contribution in [-0.4, -0.2) is 34.6 Å². The molecule has 0 spiro atoms. The summed E-state index contributed by atoms with van der Waals surface area (Å²) in [6, 6.07) is 13.6. The highest BCUT2D eigenvalue weighted by Gasteiger charge is 2.17. The van der Waals surface area contributed by atoms with Crippen LogP contribution >= 0.6 is 0 Å². The molecule has 0 fully saturated rings. The number of hydrogen-bond donors (Lipinski definition) is 1. The lowest BCUT2D eigenvalue weighted by atomic mass is 10.1. The molecule has 2 aromatic carbocycles. The summed E-state index contributed by atoms with van der Waals surface area (Å²) in [7, 11) is 1.61. The summed E-state index contributed by atoms with van der Waals surface area (Å²) < 4.78 is 13.0. The third-order valence-corrected chi connectivity index (χ3v) is 4.99. The van der Waals surface area contributed by atoms with Crippen molar-refractivity contribution in [3.05, 3.63) is 65.0 Å². The molecule has 31 heavy (non-hydrogen) atoms. The number of nitrogens with zero attached hydrogens (tertiary/aromatic N) is 3. The number of hydrogen-bond acceptors (Lipinski definition) is 5. The Bertz CT molecular complexity index is 1040. The average molecular weight is 423 g/mol. The minimum atomic E-state index is -0.271. The standard InChI is InChI=1S/C24H30N4O3/c1-16(2)11-12-31-21-10-9-19(14-22(21)30-5)15-25-24(29)23-18(4)28(27-26-23)20-8-6-7-17(3)13-20/h6-10,13-14,16H,11-12,15H2,1-5H3,(H,25,29). The smallest absolute Gasteiger partial charge is 0.274 e. The molecule has 1 heterocycles. The lowest BCUT2D eigenvalue weighted by Gasteiger charge is -2.13.